The summed E-state index contributed by atoms with van der Waals surface area (Å²) in [6.07, 6.45) is 13.9. The summed E-state index contributed by atoms with van der Waals surface area (Å²) in [4.78, 5) is 0. The Balaban J connectivity index is 1.97. The third-order valence-electron chi connectivity index (χ3n) is 4.07. The van der Waals surface area contributed by atoms with E-state index in [0.717, 1.165) is 25.2 Å². The highest BCUT2D eigenvalue weighted by Crippen LogP contribution is 2.29. The van der Waals surface area contributed by atoms with Crippen LogP contribution in [0.15, 0.2) is 11.8 Å². The normalized spacial score (nSPS) is 25.4. The molecule has 0 saturated heterocycles. The van der Waals surface area contributed by atoms with E-state index in [9.17, 15) is 0 Å². The molecule has 0 radical (unpaired) electrons. The van der Waals surface area contributed by atoms with E-state index in [1.807, 2.05) is 0 Å². The second-order valence-corrected chi connectivity index (χ2v) is 5.35. The minimum atomic E-state index is 0.244. The molecule has 2 aliphatic rings. The first-order chi connectivity index (χ1) is 8.42. The molecule has 98 valence electrons. The highest BCUT2D eigenvalue weighted by Gasteiger charge is 2.26. The molecule has 2 rings (SSSR count). The van der Waals surface area contributed by atoms with Crippen molar-refractivity contribution in [3.8, 4) is 0 Å². The van der Waals surface area contributed by atoms with E-state index in [-0.39, 0.29) is 6.04 Å². The number of nitrogens with one attached hydrogen (secondary N) is 1. The van der Waals surface area contributed by atoms with Gasteiger partial charge in [0.1, 0.15) is 5.76 Å². The van der Waals surface area contributed by atoms with E-state index >= 15 is 0 Å². The fraction of sp³-hybridized carbons (Fsp3) is 0.857. The molecule has 1 aliphatic carbocycles. The Morgan fingerprint density at radius 2 is 1.82 bits per heavy atom. The first-order valence-corrected chi connectivity index (χ1v) is 7.21. The summed E-state index contributed by atoms with van der Waals surface area (Å²) in [5.41, 5.74) is 3.00. The Bertz CT molecular complexity index is 245. The number of hydrazine groups is 1. The Morgan fingerprint density at radius 3 is 2.41 bits per heavy atom. The molecule has 0 spiro atoms. The molecule has 1 aliphatic heterocycles. The Hall–Kier alpha value is -0.540. The smallest absolute Gasteiger partial charge is 0.111 e. The largest absolute Gasteiger partial charge is 0.497 e. The standard InChI is InChI=1S/C14H26N2O/c15-16-14(13-10-6-7-11-17-13)12-8-4-2-1-3-5-9-12/h10,12,14,16H,1-9,11,15H2. The lowest BCUT2D eigenvalue weighted by Crippen LogP contribution is -2.43. The van der Waals surface area contributed by atoms with Gasteiger partial charge in [-0.3, -0.25) is 5.84 Å². The molecule has 0 aromatic carbocycles. The van der Waals surface area contributed by atoms with Crippen molar-refractivity contribution in [2.24, 2.45) is 11.8 Å². The molecular formula is C14H26N2O. The predicted octanol–water partition coefficient (Wildman–Crippen LogP) is 2.87. The van der Waals surface area contributed by atoms with Gasteiger partial charge in [0.05, 0.1) is 12.6 Å². The zero-order valence-corrected chi connectivity index (χ0v) is 10.8. The van der Waals surface area contributed by atoms with E-state index in [4.69, 9.17) is 10.6 Å². The van der Waals surface area contributed by atoms with Gasteiger partial charge in [0.25, 0.3) is 0 Å². The van der Waals surface area contributed by atoms with Crippen molar-refractivity contribution in [3.05, 3.63) is 11.8 Å². The third kappa shape index (κ3) is 3.71. The monoisotopic (exact) mass is 238 g/mol. The maximum Gasteiger partial charge on any atom is 0.111 e. The van der Waals surface area contributed by atoms with Crippen molar-refractivity contribution in [1.82, 2.24) is 5.43 Å². The van der Waals surface area contributed by atoms with Gasteiger partial charge in [-0.2, -0.15) is 0 Å². The van der Waals surface area contributed by atoms with Crippen LogP contribution in [0.3, 0.4) is 0 Å². The summed E-state index contributed by atoms with van der Waals surface area (Å²) in [6.45, 7) is 0.858. The molecule has 1 fully saturated rings. The van der Waals surface area contributed by atoms with Crippen LogP contribution in [-0.4, -0.2) is 12.6 Å². The molecule has 1 atom stereocenters. The number of allylic oxidation sites excluding steroid dienone is 1. The lowest BCUT2D eigenvalue weighted by molar-refractivity contribution is 0.143. The van der Waals surface area contributed by atoms with Crippen LogP contribution in [0, 0.1) is 5.92 Å². The van der Waals surface area contributed by atoms with Gasteiger partial charge in [0, 0.05) is 0 Å². The maximum atomic E-state index is 5.77. The van der Waals surface area contributed by atoms with Crippen molar-refractivity contribution in [1.29, 1.82) is 0 Å². The molecule has 3 nitrogen and oxygen atoms in total. The minimum absolute atomic E-state index is 0.244. The Morgan fingerprint density at radius 1 is 1.12 bits per heavy atom. The van der Waals surface area contributed by atoms with Crippen molar-refractivity contribution in [2.45, 2.75) is 63.8 Å². The van der Waals surface area contributed by atoms with Crippen LogP contribution in [0.2, 0.25) is 0 Å². The molecule has 0 aromatic heterocycles. The summed E-state index contributed by atoms with van der Waals surface area (Å²) in [5, 5.41) is 0. The number of hydrogen-bond acceptors (Lipinski definition) is 3. The van der Waals surface area contributed by atoms with Gasteiger partial charge in [0.2, 0.25) is 0 Å². The van der Waals surface area contributed by atoms with Gasteiger partial charge in [-0.15, -0.1) is 0 Å². The summed E-state index contributed by atoms with van der Waals surface area (Å²) in [6, 6.07) is 0.244. The highest BCUT2D eigenvalue weighted by atomic mass is 16.5. The van der Waals surface area contributed by atoms with E-state index < -0.39 is 0 Å². The van der Waals surface area contributed by atoms with E-state index in [0.29, 0.717) is 5.92 Å². The molecule has 3 N–H and O–H groups in total. The second kappa shape index (κ2) is 7.02. The number of nitrogens with two attached hydrogens (primary N) is 1. The predicted molar refractivity (Wildman–Crippen MR) is 70.2 cm³/mol. The quantitative estimate of drug-likeness (QED) is 0.587. The van der Waals surface area contributed by atoms with Crippen LogP contribution < -0.4 is 11.3 Å². The van der Waals surface area contributed by atoms with E-state index in [1.54, 1.807) is 0 Å². The molecule has 1 saturated carbocycles. The van der Waals surface area contributed by atoms with Crippen molar-refractivity contribution >= 4 is 0 Å². The van der Waals surface area contributed by atoms with Crippen LogP contribution in [0.5, 0.6) is 0 Å². The highest BCUT2D eigenvalue weighted by molar-refractivity contribution is 5.07. The van der Waals surface area contributed by atoms with Crippen molar-refractivity contribution in [2.75, 3.05) is 6.61 Å². The average Bonchev–Trinajstić information content (AvgIpc) is 2.34. The maximum absolute atomic E-state index is 5.77. The first kappa shape index (κ1) is 12.9. The first-order valence-electron chi connectivity index (χ1n) is 7.21. The SMILES string of the molecule is NNC(C1=CCCCO1)C1CCCCCCC1. The van der Waals surface area contributed by atoms with Gasteiger partial charge < -0.3 is 4.74 Å². The van der Waals surface area contributed by atoms with Crippen molar-refractivity contribution < 1.29 is 4.74 Å². The number of ether oxygens (including phenoxy) is 1. The molecular weight excluding hydrogens is 212 g/mol. The van der Waals surface area contributed by atoms with Crippen LogP contribution >= 0.6 is 0 Å². The summed E-state index contributed by atoms with van der Waals surface area (Å²) < 4.78 is 5.77. The molecule has 0 amide bonds. The zero-order valence-electron chi connectivity index (χ0n) is 10.8. The Labute approximate surface area is 105 Å². The lowest BCUT2D eigenvalue weighted by atomic mass is 9.85. The topological polar surface area (TPSA) is 47.3 Å². The van der Waals surface area contributed by atoms with Crippen LogP contribution in [0.1, 0.15) is 57.8 Å². The van der Waals surface area contributed by atoms with Gasteiger partial charge >= 0.3 is 0 Å². The second-order valence-electron chi connectivity index (χ2n) is 5.35. The molecule has 0 bridgehead atoms. The summed E-state index contributed by atoms with van der Waals surface area (Å²) in [7, 11) is 0. The fourth-order valence-corrected chi connectivity index (χ4v) is 3.06. The lowest BCUT2D eigenvalue weighted by Gasteiger charge is -2.31. The fourth-order valence-electron chi connectivity index (χ4n) is 3.06. The molecule has 1 unspecified atom stereocenters. The number of hydrogen-bond donors (Lipinski definition) is 2. The van der Waals surface area contributed by atoms with Gasteiger partial charge in [-0.25, -0.2) is 5.43 Å². The van der Waals surface area contributed by atoms with E-state index in [1.165, 1.54) is 44.9 Å². The van der Waals surface area contributed by atoms with Gasteiger partial charge in [0.15, 0.2) is 0 Å². The third-order valence-corrected chi connectivity index (χ3v) is 4.07. The Kier molecular flexibility index (Phi) is 5.33. The number of rotatable bonds is 3. The molecule has 0 aromatic rings. The summed E-state index contributed by atoms with van der Waals surface area (Å²) >= 11 is 0. The van der Waals surface area contributed by atoms with Gasteiger partial charge in [-0.05, 0) is 37.7 Å². The van der Waals surface area contributed by atoms with Crippen LogP contribution in [-0.2, 0) is 4.74 Å². The molecule has 3 heteroatoms. The zero-order chi connectivity index (χ0) is 11.9. The van der Waals surface area contributed by atoms with Crippen LogP contribution in [0.4, 0.5) is 0 Å². The molecule has 17 heavy (non-hydrogen) atoms. The van der Waals surface area contributed by atoms with Gasteiger partial charge in [-0.1, -0.05) is 32.1 Å². The minimum Gasteiger partial charge on any atom is -0.497 e. The van der Waals surface area contributed by atoms with Crippen LogP contribution in [0.25, 0.3) is 0 Å². The average molecular weight is 238 g/mol. The molecule has 1 heterocycles. The summed E-state index contributed by atoms with van der Waals surface area (Å²) in [5.74, 6) is 7.51. The van der Waals surface area contributed by atoms with E-state index in [2.05, 4.69) is 11.5 Å². The van der Waals surface area contributed by atoms with Crippen molar-refractivity contribution in [3.63, 3.8) is 0 Å².